The first-order valence-corrected chi connectivity index (χ1v) is 7.90. The largest absolute Gasteiger partial charge is 0.496 e. The summed E-state index contributed by atoms with van der Waals surface area (Å²) in [5.74, 6) is -1.46. The van der Waals surface area contributed by atoms with Crippen molar-refractivity contribution in [1.29, 1.82) is 0 Å². The molecule has 5 nitrogen and oxygen atoms in total. The molecular weight excluding hydrogens is 349 g/mol. The SMILES string of the molecule is COc1ccccc1CCNC(=O)COC(=O)c1ccc(Cl)cc1F. The summed E-state index contributed by atoms with van der Waals surface area (Å²) in [7, 11) is 1.58. The molecule has 7 heteroatoms. The van der Waals surface area contributed by atoms with Gasteiger partial charge in [-0.25, -0.2) is 9.18 Å². The lowest BCUT2D eigenvalue weighted by molar-refractivity contribution is -0.124. The van der Waals surface area contributed by atoms with Gasteiger partial charge in [-0.15, -0.1) is 0 Å². The van der Waals surface area contributed by atoms with Crippen molar-refractivity contribution in [3.8, 4) is 5.75 Å². The predicted octanol–water partition coefficient (Wildman–Crippen LogP) is 3.00. The highest BCUT2D eigenvalue weighted by Crippen LogP contribution is 2.17. The fraction of sp³-hybridized carbons (Fsp3) is 0.222. The van der Waals surface area contributed by atoms with Gasteiger partial charge in [0.2, 0.25) is 0 Å². The number of ether oxygens (including phenoxy) is 2. The van der Waals surface area contributed by atoms with Gasteiger partial charge in [0.25, 0.3) is 5.91 Å². The van der Waals surface area contributed by atoms with Gasteiger partial charge in [-0.3, -0.25) is 4.79 Å². The van der Waals surface area contributed by atoms with Gasteiger partial charge in [0.05, 0.1) is 12.7 Å². The molecule has 0 aliphatic carbocycles. The topological polar surface area (TPSA) is 64.6 Å². The van der Waals surface area contributed by atoms with Gasteiger partial charge < -0.3 is 14.8 Å². The zero-order valence-electron chi connectivity index (χ0n) is 13.6. The summed E-state index contributed by atoms with van der Waals surface area (Å²) < 4.78 is 23.6. The molecule has 0 unspecified atom stereocenters. The lowest BCUT2D eigenvalue weighted by Gasteiger charge is -2.09. The Morgan fingerprint density at radius 1 is 1.20 bits per heavy atom. The van der Waals surface area contributed by atoms with Crippen LogP contribution in [-0.4, -0.2) is 32.1 Å². The number of benzene rings is 2. The van der Waals surface area contributed by atoms with Crippen LogP contribution >= 0.6 is 11.6 Å². The molecule has 0 fully saturated rings. The maximum absolute atomic E-state index is 13.6. The van der Waals surface area contributed by atoms with Crippen LogP contribution in [0.3, 0.4) is 0 Å². The minimum Gasteiger partial charge on any atom is -0.496 e. The first-order valence-electron chi connectivity index (χ1n) is 7.52. The van der Waals surface area contributed by atoms with E-state index in [2.05, 4.69) is 5.32 Å². The third kappa shape index (κ3) is 5.46. The van der Waals surface area contributed by atoms with Gasteiger partial charge in [-0.2, -0.15) is 0 Å². The van der Waals surface area contributed by atoms with Gasteiger partial charge >= 0.3 is 5.97 Å². The van der Waals surface area contributed by atoms with Crippen molar-refractivity contribution in [1.82, 2.24) is 5.32 Å². The minimum atomic E-state index is -0.922. The number of rotatable bonds is 7. The number of para-hydroxylation sites is 1. The molecule has 0 spiro atoms. The molecule has 1 N–H and O–H groups in total. The molecule has 2 aromatic carbocycles. The minimum absolute atomic E-state index is 0.170. The first-order chi connectivity index (χ1) is 12.0. The Kier molecular flexibility index (Phi) is 6.77. The molecular formula is C18H17ClFNO4. The molecule has 0 bridgehead atoms. The number of esters is 1. The van der Waals surface area contributed by atoms with E-state index in [1.54, 1.807) is 7.11 Å². The molecule has 132 valence electrons. The number of methoxy groups -OCH3 is 1. The highest BCUT2D eigenvalue weighted by Gasteiger charge is 2.15. The molecule has 0 aromatic heterocycles. The van der Waals surface area contributed by atoms with E-state index in [4.69, 9.17) is 21.1 Å². The summed E-state index contributed by atoms with van der Waals surface area (Å²) in [6.45, 7) is -0.140. The summed E-state index contributed by atoms with van der Waals surface area (Å²) in [4.78, 5) is 23.5. The molecule has 0 radical (unpaired) electrons. The first kappa shape index (κ1) is 18.7. The molecule has 0 saturated carbocycles. The Balaban J connectivity index is 1.78. The van der Waals surface area contributed by atoms with Crippen LogP contribution in [0.15, 0.2) is 42.5 Å². The van der Waals surface area contributed by atoms with Crippen LogP contribution in [0.2, 0.25) is 5.02 Å². The molecule has 2 rings (SSSR count). The lowest BCUT2D eigenvalue weighted by Crippen LogP contribution is -2.30. The standard InChI is InChI=1S/C18H17ClFNO4/c1-24-16-5-3-2-4-12(16)8-9-21-17(22)11-25-18(23)14-7-6-13(19)10-15(14)20/h2-7,10H,8-9,11H2,1H3,(H,21,22). The van der Waals surface area contributed by atoms with E-state index >= 15 is 0 Å². The number of hydrogen-bond donors (Lipinski definition) is 1. The molecule has 0 aliphatic heterocycles. The van der Waals surface area contributed by atoms with E-state index in [-0.39, 0.29) is 10.6 Å². The van der Waals surface area contributed by atoms with Crippen molar-refractivity contribution in [3.63, 3.8) is 0 Å². The van der Waals surface area contributed by atoms with Gasteiger partial charge in [0.1, 0.15) is 11.6 Å². The zero-order valence-corrected chi connectivity index (χ0v) is 14.3. The van der Waals surface area contributed by atoms with Crippen LogP contribution in [0.4, 0.5) is 4.39 Å². The van der Waals surface area contributed by atoms with Crippen LogP contribution in [0.25, 0.3) is 0 Å². The van der Waals surface area contributed by atoms with Gasteiger partial charge in [-0.05, 0) is 36.2 Å². The average molecular weight is 366 g/mol. The zero-order chi connectivity index (χ0) is 18.2. The van der Waals surface area contributed by atoms with E-state index in [1.807, 2.05) is 24.3 Å². The van der Waals surface area contributed by atoms with Crippen LogP contribution in [0.1, 0.15) is 15.9 Å². The summed E-state index contributed by atoms with van der Waals surface area (Å²) in [6.07, 6.45) is 0.565. The molecule has 0 aliphatic rings. The van der Waals surface area contributed by atoms with Gasteiger partial charge in [0.15, 0.2) is 6.61 Å². The van der Waals surface area contributed by atoms with Crippen molar-refractivity contribution in [2.24, 2.45) is 0 Å². The van der Waals surface area contributed by atoms with Crippen molar-refractivity contribution in [3.05, 3.63) is 64.4 Å². The van der Waals surface area contributed by atoms with Crippen molar-refractivity contribution >= 4 is 23.5 Å². The van der Waals surface area contributed by atoms with Crippen LogP contribution < -0.4 is 10.1 Å². The maximum Gasteiger partial charge on any atom is 0.341 e. The number of carbonyl (C=O) groups is 2. The fourth-order valence-electron chi connectivity index (χ4n) is 2.16. The van der Waals surface area contributed by atoms with Gasteiger partial charge in [0, 0.05) is 11.6 Å². The van der Waals surface area contributed by atoms with E-state index in [0.29, 0.717) is 13.0 Å². The Morgan fingerprint density at radius 2 is 1.96 bits per heavy atom. The summed E-state index contributed by atoms with van der Waals surface area (Å²) in [5.41, 5.74) is 0.678. The third-order valence-corrected chi connectivity index (χ3v) is 3.63. The molecule has 25 heavy (non-hydrogen) atoms. The number of carbonyl (C=O) groups excluding carboxylic acids is 2. The monoisotopic (exact) mass is 365 g/mol. The van der Waals surface area contributed by atoms with Crippen molar-refractivity contribution < 1.29 is 23.5 Å². The molecule has 2 aromatic rings. The van der Waals surface area contributed by atoms with E-state index in [0.717, 1.165) is 17.4 Å². The molecule has 1 amide bonds. The van der Waals surface area contributed by atoms with Crippen molar-refractivity contribution in [2.45, 2.75) is 6.42 Å². The normalized spacial score (nSPS) is 10.2. The summed E-state index contributed by atoms with van der Waals surface area (Å²) >= 11 is 5.61. The third-order valence-electron chi connectivity index (χ3n) is 3.39. The Bertz CT molecular complexity index is 766. The second-order valence-corrected chi connectivity index (χ2v) is 5.55. The van der Waals surface area contributed by atoms with E-state index < -0.39 is 24.3 Å². The van der Waals surface area contributed by atoms with E-state index in [1.165, 1.54) is 12.1 Å². The number of halogens is 2. The maximum atomic E-state index is 13.6. The molecule has 0 atom stereocenters. The highest BCUT2D eigenvalue weighted by molar-refractivity contribution is 6.30. The smallest absolute Gasteiger partial charge is 0.341 e. The lowest BCUT2D eigenvalue weighted by atomic mass is 10.1. The van der Waals surface area contributed by atoms with Crippen LogP contribution in [0, 0.1) is 5.82 Å². The Hall–Kier alpha value is -2.60. The number of amides is 1. The van der Waals surface area contributed by atoms with Crippen LogP contribution in [0.5, 0.6) is 5.75 Å². The van der Waals surface area contributed by atoms with Crippen LogP contribution in [-0.2, 0) is 16.0 Å². The summed E-state index contributed by atoms with van der Waals surface area (Å²) in [5, 5.41) is 2.80. The number of hydrogen-bond acceptors (Lipinski definition) is 4. The number of nitrogens with one attached hydrogen (secondary N) is 1. The fourth-order valence-corrected chi connectivity index (χ4v) is 2.32. The van der Waals surface area contributed by atoms with Crippen molar-refractivity contribution in [2.75, 3.05) is 20.3 Å². The predicted molar refractivity (Wildman–Crippen MR) is 91.4 cm³/mol. The molecule has 0 saturated heterocycles. The van der Waals surface area contributed by atoms with E-state index in [9.17, 15) is 14.0 Å². The quantitative estimate of drug-likeness (QED) is 0.766. The Labute approximate surface area is 149 Å². The second kappa shape index (κ2) is 9.03. The second-order valence-electron chi connectivity index (χ2n) is 5.11. The highest BCUT2D eigenvalue weighted by atomic mass is 35.5. The average Bonchev–Trinajstić information content (AvgIpc) is 2.60. The van der Waals surface area contributed by atoms with Gasteiger partial charge in [-0.1, -0.05) is 29.8 Å². The Morgan fingerprint density at radius 3 is 2.68 bits per heavy atom. The molecule has 0 heterocycles. The summed E-state index contributed by atoms with van der Waals surface area (Å²) in [6, 6.07) is 11.0.